The molecule has 21 heavy (non-hydrogen) atoms. The second-order valence-corrected chi connectivity index (χ2v) is 5.38. The first-order valence-corrected chi connectivity index (χ1v) is 7.08. The minimum absolute atomic E-state index is 0.195. The SMILES string of the molecule is Cc1nc2ccc(Br)cc2c(=O)n1N=Cc1cccnc1. The van der Waals surface area contributed by atoms with E-state index in [1.54, 1.807) is 31.6 Å². The summed E-state index contributed by atoms with van der Waals surface area (Å²) in [7, 11) is 0. The lowest BCUT2D eigenvalue weighted by molar-refractivity contribution is 0.770. The average Bonchev–Trinajstić information content (AvgIpc) is 2.49. The van der Waals surface area contributed by atoms with Gasteiger partial charge < -0.3 is 0 Å². The van der Waals surface area contributed by atoms with Crippen molar-refractivity contribution in [3.63, 3.8) is 0 Å². The molecule has 2 heterocycles. The third-order valence-electron chi connectivity index (χ3n) is 2.98. The molecule has 0 aliphatic heterocycles. The lowest BCUT2D eigenvalue weighted by Gasteiger charge is -2.05. The summed E-state index contributed by atoms with van der Waals surface area (Å²) in [5.74, 6) is 0.537. The first kappa shape index (κ1) is 13.6. The maximum Gasteiger partial charge on any atom is 0.282 e. The van der Waals surface area contributed by atoms with E-state index in [-0.39, 0.29) is 5.56 Å². The van der Waals surface area contributed by atoms with Crippen LogP contribution in [0.4, 0.5) is 0 Å². The topological polar surface area (TPSA) is 60.1 Å². The standard InChI is InChI=1S/C15H11BrN4O/c1-10-19-14-5-4-12(16)7-13(14)15(21)20(10)18-9-11-3-2-6-17-8-11/h2-9H,1H3. The van der Waals surface area contributed by atoms with Gasteiger partial charge in [-0.3, -0.25) is 9.78 Å². The Bertz CT molecular complexity index is 887. The zero-order valence-electron chi connectivity index (χ0n) is 11.2. The highest BCUT2D eigenvalue weighted by Crippen LogP contribution is 2.15. The number of hydrogen-bond acceptors (Lipinski definition) is 4. The minimum Gasteiger partial charge on any atom is -0.267 e. The molecule has 0 aliphatic carbocycles. The van der Waals surface area contributed by atoms with Gasteiger partial charge in [0.05, 0.1) is 17.1 Å². The molecule has 6 heteroatoms. The zero-order chi connectivity index (χ0) is 14.8. The van der Waals surface area contributed by atoms with Gasteiger partial charge in [-0.2, -0.15) is 9.78 Å². The van der Waals surface area contributed by atoms with Gasteiger partial charge in [0, 0.05) is 22.4 Å². The fourth-order valence-corrected chi connectivity index (χ4v) is 2.33. The van der Waals surface area contributed by atoms with Crippen LogP contribution in [-0.4, -0.2) is 20.9 Å². The molecule has 0 radical (unpaired) electrons. The molecule has 2 aromatic heterocycles. The van der Waals surface area contributed by atoms with Crippen LogP contribution in [0.5, 0.6) is 0 Å². The number of pyridine rings is 1. The van der Waals surface area contributed by atoms with Crippen molar-refractivity contribution in [2.24, 2.45) is 5.10 Å². The van der Waals surface area contributed by atoms with Crippen molar-refractivity contribution in [3.8, 4) is 0 Å². The molecule has 0 bridgehead atoms. The largest absolute Gasteiger partial charge is 0.282 e. The fourth-order valence-electron chi connectivity index (χ4n) is 1.97. The van der Waals surface area contributed by atoms with Crippen molar-refractivity contribution >= 4 is 33.0 Å². The summed E-state index contributed by atoms with van der Waals surface area (Å²) in [6, 6.07) is 9.09. The molecular formula is C15H11BrN4O. The molecule has 3 aromatic rings. The third-order valence-corrected chi connectivity index (χ3v) is 3.47. The summed E-state index contributed by atoms with van der Waals surface area (Å²) in [4.78, 5) is 20.9. The van der Waals surface area contributed by atoms with Gasteiger partial charge >= 0.3 is 0 Å². The molecule has 0 amide bonds. The molecule has 104 valence electrons. The Labute approximate surface area is 129 Å². The van der Waals surface area contributed by atoms with Gasteiger partial charge in [-0.05, 0) is 31.2 Å². The van der Waals surface area contributed by atoms with E-state index in [9.17, 15) is 4.79 Å². The van der Waals surface area contributed by atoms with E-state index in [1.807, 2.05) is 24.3 Å². The van der Waals surface area contributed by atoms with Crippen molar-refractivity contribution < 1.29 is 0 Å². The number of halogens is 1. The molecule has 0 N–H and O–H groups in total. The maximum atomic E-state index is 12.5. The smallest absolute Gasteiger partial charge is 0.267 e. The van der Waals surface area contributed by atoms with Crippen molar-refractivity contribution in [3.05, 3.63) is 68.9 Å². The van der Waals surface area contributed by atoms with Gasteiger partial charge in [-0.15, -0.1) is 0 Å². The van der Waals surface area contributed by atoms with Crippen LogP contribution < -0.4 is 5.56 Å². The minimum atomic E-state index is -0.195. The normalized spacial score (nSPS) is 11.3. The lowest BCUT2D eigenvalue weighted by atomic mass is 10.2. The van der Waals surface area contributed by atoms with Gasteiger partial charge in [-0.1, -0.05) is 22.0 Å². The maximum absolute atomic E-state index is 12.5. The number of fused-ring (bicyclic) bond motifs is 1. The monoisotopic (exact) mass is 342 g/mol. The molecule has 0 spiro atoms. The van der Waals surface area contributed by atoms with E-state index < -0.39 is 0 Å². The lowest BCUT2D eigenvalue weighted by Crippen LogP contribution is -2.20. The summed E-state index contributed by atoms with van der Waals surface area (Å²) in [5.41, 5.74) is 1.28. The predicted octanol–water partition coefficient (Wildman–Crippen LogP) is 2.74. The highest BCUT2D eigenvalue weighted by molar-refractivity contribution is 9.10. The van der Waals surface area contributed by atoms with Crippen LogP contribution in [0.3, 0.4) is 0 Å². The van der Waals surface area contributed by atoms with Gasteiger partial charge in [0.1, 0.15) is 5.82 Å². The predicted molar refractivity (Wildman–Crippen MR) is 85.7 cm³/mol. The number of aryl methyl sites for hydroxylation is 1. The molecular weight excluding hydrogens is 332 g/mol. The highest BCUT2D eigenvalue weighted by atomic mass is 79.9. The van der Waals surface area contributed by atoms with Gasteiger partial charge in [0.25, 0.3) is 5.56 Å². The fraction of sp³-hybridized carbons (Fsp3) is 0.0667. The van der Waals surface area contributed by atoms with Crippen LogP contribution in [-0.2, 0) is 0 Å². The Morgan fingerprint density at radius 3 is 2.95 bits per heavy atom. The van der Waals surface area contributed by atoms with Gasteiger partial charge in [-0.25, -0.2) is 4.98 Å². The summed E-state index contributed by atoms with van der Waals surface area (Å²) in [6.45, 7) is 1.75. The van der Waals surface area contributed by atoms with E-state index in [0.29, 0.717) is 16.7 Å². The average molecular weight is 343 g/mol. The molecule has 0 unspecified atom stereocenters. The molecule has 0 atom stereocenters. The van der Waals surface area contributed by atoms with Crippen molar-refractivity contribution in [1.82, 2.24) is 14.6 Å². The second-order valence-electron chi connectivity index (χ2n) is 4.47. The van der Waals surface area contributed by atoms with Crippen LogP contribution >= 0.6 is 15.9 Å². The first-order chi connectivity index (χ1) is 10.1. The van der Waals surface area contributed by atoms with E-state index in [2.05, 4.69) is 31.0 Å². The second kappa shape index (κ2) is 5.57. The zero-order valence-corrected chi connectivity index (χ0v) is 12.8. The highest BCUT2D eigenvalue weighted by Gasteiger charge is 2.07. The van der Waals surface area contributed by atoms with Gasteiger partial charge in [0.2, 0.25) is 0 Å². The Morgan fingerprint density at radius 2 is 2.19 bits per heavy atom. The van der Waals surface area contributed by atoms with Crippen molar-refractivity contribution in [2.75, 3.05) is 0 Å². The van der Waals surface area contributed by atoms with Crippen LogP contribution in [0.2, 0.25) is 0 Å². The molecule has 0 saturated carbocycles. The summed E-state index contributed by atoms with van der Waals surface area (Å²) in [6.07, 6.45) is 4.95. The Morgan fingerprint density at radius 1 is 1.33 bits per heavy atom. The summed E-state index contributed by atoms with van der Waals surface area (Å²) in [5, 5.41) is 4.74. The Balaban J connectivity index is 2.14. The molecule has 5 nitrogen and oxygen atoms in total. The Kier molecular flexibility index (Phi) is 3.62. The number of hydrogen-bond donors (Lipinski definition) is 0. The molecule has 0 fully saturated rings. The van der Waals surface area contributed by atoms with E-state index >= 15 is 0 Å². The van der Waals surface area contributed by atoms with Crippen LogP contribution in [0, 0.1) is 6.92 Å². The third kappa shape index (κ3) is 2.75. The van der Waals surface area contributed by atoms with E-state index in [1.165, 1.54) is 4.68 Å². The number of aromatic nitrogens is 3. The summed E-state index contributed by atoms with van der Waals surface area (Å²) < 4.78 is 2.13. The van der Waals surface area contributed by atoms with E-state index in [4.69, 9.17) is 0 Å². The van der Waals surface area contributed by atoms with Crippen LogP contribution in [0.25, 0.3) is 10.9 Å². The van der Waals surface area contributed by atoms with E-state index in [0.717, 1.165) is 10.0 Å². The summed E-state index contributed by atoms with van der Waals surface area (Å²) >= 11 is 3.36. The molecule has 1 aromatic carbocycles. The number of rotatable bonds is 2. The van der Waals surface area contributed by atoms with Crippen molar-refractivity contribution in [2.45, 2.75) is 6.92 Å². The molecule has 3 rings (SSSR count). The van der Waals surface area contributed by atoms with Gasteiger partial charge in [0.15, 0.2) is 0 Å². The number of nitrogens with zero attached hydrogens (tertiary/aromatic N) is 4. The number of benzene rings is 1. The first-order valence-electron chi connectivity index (χ1n) is 6.28. The van der Waals surface area contributed by atoms with Crippen LogP contribution in [0.15, 0.2) is 57.1 Å². The quantitative estimate of drug-likeness (QED) is 0.672. The van der Waals surface area contributed by atoms with Crippen molar-refractivity contribution in [1.29, 1.82) is 0 Å². The molecule has 0 saturated heterocycles. The van der Waals surface area contributed by atoms with Crippen LogP contribution in [0.1, 0.15) is 11.4 Å². The molecule has 0 aliphatic rings. The Hall–Kier alpha value is -2.34.